The van der Waals surface area contributed by atoms with Crippen LogP contribution in [0.5, 0.6) is 0 Å². The minimum atomic E-state index is -0.351. The van der Waals surface area contributed by atoms with E-state index in [-0.39, 0.29) is 18.5 Å². The topological polar surface area (TPSA) is 24.5 Å². The predicted molar refractivity (Wildman–Crippen MR) is 113 cm³/mol. The molecule has 0 saturated carbocycles. The fraction of sp³-hybridized carbons (Fsp3) is 0.350. The molecule has 1 unspecified atom stereocenters. The van der Waals surface area contributed by atoms with Gasteiger partial charge in [-0.1, -0.05) is 41.4 Å². The van der Waals surface area contributed by atoms with Gasteiger partial charge in [-0.2, -0.15) is 0 Å². The van der Waals surface area contributed by atoms with Crippen LogP contribution in [-0.4, -0.2) is 29.3 Å². The van der Waals surface area contributed by atoms with Gasteiger partial charge in [-0.3, -0.25) is 0 Å². The van der Waals surface area contributed by atoms with Crippen molar-refractivity contribution in [2.24, 2.45) is 0 Å². The van der Waals surface area contributed by atoms with Crippen LogP contribution in [0.2, 0.25) is 10.0 Å². The third kappa shape index (κ3) is 5.11. The number of anilines is 1. The quantitative estimate of drug-likeness (QED) is 0.608. The highest BCUT2D eigenvalue weighted by Crippen LogP contribution is 2.27. The zero-order valence-corrected chi connectivity index (χ0v) is 17.3. The van der Waals surface area contributed by atoms with Gasteiger partial charge in [0.1, 0.15) is 5.82 Å². The first-order valence-corrected chi connectivity index (χ1v) is 9.97. The van der Waals surface area contributed by atoms with Crippen LogP contribution in [0.15, 0.2) is 36.4 Å². The van der Waals surface area contributed by atoms with Crippen LogP contribution in [0.1, 0.15) is 24.0 Å². The monoisotopic (exact) mass is 426 g/mol. The molecule has 0 aromatic heterocycles. The molecule has 1 fully saturated rings. The molecule has 1 saturated heterocycles. The Morgan fingerprint density at radius 1 is 1.30 bits per heavy atom. The van der Waals surface area contributed by atoms with Crippen LogP contribution in [0.3, 0.4) is 0 Å². The molecule has 0 spiro atoms. The van der Waals surface area contributed by atoms with E-state index in [1.165, 1.54) is 6.07 Å². The van der Waals surface area contributed by atoms with Crippen LogP contribution >= 0.6 is 35.4 Å². The van der Waals surface area contributed by atoms with Gasteiger partial charge >= 0.3 is 0 Å². The van der Waals surface area contributed by atoms with E-state index in [4.69, 9.17) is 40.2 Å². The molecule has 1 atom stereocenters. The molecule has 1 heterocycles. The van der Waals surface area contributed by atoms with Crippen molar-refractivity contribution in [2.45, 2.75) is 32.4 Å². The molecule has 2 aromatic carbocycles. The summed E-state index contributed by atoms with van der Waals surface area (Å²) in [5.41, 5.74) is 2.09. The molecule has 27 heavy (non-hydrogen) atoms. The summed E-state index contributed by atoms with van der Waals surface area (Å²) < 4.78 is 20.0. The minimum absolute atomic E-state index is 0.0586. The number of ether oxygens (including phenoxy) is 1. The third-order valence-electron chi connectivity index (χ3n) is 4.58. The van der Waals surface area contributed by atoms with Crippen molar-refractivity contribution >= 4 is 46.2 Å². The second-order valence-electron chi connectivity index (χ2n) is 6.58. The molecule has 1 aliphatic rings. The summed E-state index contributed by atoms with van der Waals surface area (Å²) in [5, 5.41) is 4.63. The zero-order chi connectivity index (χ0) is 19.4. The van der Waals surface area contributed by atoms with Crippen molar-refractivity contribution in [3.63, 3.8) is 0 Å². The van der Waals surface area contributed by atoms with Crippen molar-refractivity contribution in [1.82, 2.24) is 4.90 Å². The molecule has 0 radical (unpaired) electrons. The third-order valence-corrected chi connectivity index (χ3v) is 5.80. The van der Waals surface area contributed by atoms with E-state index in [1.54, 1.807) is 12.1 Å². The molecular weight excluding hydrogens is 406 g/mol. The number of benzene rings is 2. The molecular formula is C20H21Cl2FN2OS. The SMILES string of the molecule is Cc1cccc(NC(=S)N(Cc2c(F)cccc2Cl)CC2CCCO2)c1Cl. The maximum Gasteiger partial charge on any atom is 0.173 e. The van der Waals surface area contributed by atoms with E-state index in [2.05, 4.69) is 5.32 Å². The number of nitrogens with zero attached hydrogens (tertiary/aromatic N) is 1. The number of aryl methyl sites for hydroxylation is 1. The number of hydrogen-bond donors (Lipinski definition) is 1. The Balaban J connectivity index is 1.82. The van der Waals surface area contributed by atoms with E-state index in [9.17, 15) is 4.39 Å². The Hall–Kier alpha value is -1.40. The van der Waals surface area contributed by atoms with Crippen LogP contribution in [-0.2, 0) is 11.3 Å². The fourth-order valence-electron chi connectivity index (χ4n) is 3.07. The van der Waals surface area contributed by atoms with Crippen molar-refractivity contribution in [2.75, 3.05) is 18.5 Å². The number of rotatable bonds is 5. The number of hydrogen-bond acceptors (Lipinski definition) is 2. The van der Waals surface area contributed by atoms with Crippen LogP contribution in [0.4, 0.5) is 10.1 Å². The van der Waals surface area contributed by atoms with Crippen molar-refractivity contribution in [3.05, 3.63) is 63.4 Å². The molecule has 7 heteroatoms. The molecule has 144 valence electrons. The molecule has 1 N–H and O–H groups in total. The Labute approximate surface area is 174 Å². The number of nitrogens with one attached hydrogen (secondary N) is 1. The van der Waals surface area contributed by atoms with Gasteiger partial charge in [-0.15, -0.1) is 0 Å². The summed E-state index contributed by atoms with van der Waals surface area (Å²) in [6, 6.07) is 10.4. The standard InChI is InChI=1S/C20H21Cl2FN2OS/c1-13-5-2-9-18(19(13)22)24-20(27)25(11-14-6-4-10-26-14)12-15-16(21)7-3-8-17(15)23/h2-3,5,7-9,14H,4,6,10-12H2,1H3,(H,24,27). The van der Waals surface area contributed by atoms with Crippen LogP contribution in [0.25, 0.3) is 0 Å². The lowest BCUT2D eigenvalue weighted by Crippen LogP contribution is -2.39. The van der Waals surface area contributed by atoms with Gasteiger partial charge in [0, 0.05) is 30.3 Å². The number of halogens is 3. The first kappa shape index (κ1) is 20.3. The Kier molecular flexibility index (Phi) is 6.93. The van der Waals surface area contributed by atoms with E-state index >= 15 is 0 Å². The van der Waals surface area contributed by atoms with Gasteiger partial charge in [-0.25, -0.2) is 4.39 Å². The van der Waals surface area contributed by atoms with E-state index in [0.29, 0.717) is 27.3 Å². The van der Waals surface area contributed by atoms with Gasteiger partial charge in [0.2, 0.25) is 0 Å². The summed E-state index contributed by atoms with van der Waals surface area (Å²) in [7, 11) is 0. The van der Waals surface area contributed by atoms with Crippen LogP contribution < -0.4 is 5.32 Å². The Bertz CT molecular complexity index is 807. The fourth-order valence-corrected chi connectivity index (χ4v) is 3.71. The normalized spacial score (nSPS) is 16.4. The van der Waals surface area contributed by atoms with Gasteiger partial charge in [0.25, 0.3) is 0 Å². The van der Waals surface area contributed by atoms with Gasteiger partial charge in [0.15, 0.2) is 5.11 Å². The van der Waals surface area contributed by atoms with Gasteiger partial charge < -0.3 is 15.0 Å². The van der Waals surface area contributed by atoms with Gasteiger partial charge in [0.05, 0.1) is 16.8 Å². The van der Waals surface area contributed by atoms with E-state index in [0.717, 1.165) is 30.7 Å². The Morgan fingerprint density at radius 2 is 2.07 bits per heavy atom. The zero-order valence-electron chi connectivity index (χ0n) is 15.0. The van der Waals surface area contributed by atoms with Gasteiger partial charge in [-0.05, 0) is 55.7 Å². The maximum absolute atomic E-state index is 14.3. The smallest absolute Gasteiger partial charge is 0.173 e. The molecule has 0 aliphatic carbocycles. The highest BCUT2D eigenvalue weighted by atomic mass is 35.5. The maximum atomic E-state index is 14.3. The molecule has 0 bridgehead atoms. The summed E-state index contributed by atoms with van der Waals surface area (Å²) >= 11 is 18.2. The molecule has 3 rings (SSSR count). The first-order valence-electron chi connectivity index (χ1n) is 8.81. The molecule has 0 amide bonds. The summed E-state index contributed by atoms with van der Waals surface area (Å²) in [6.07, 6.45) is 2.03. The van der Waals surface area contributed by atoms with Crippen LogP contribution in [0, 0.1) is 12.7 Å². The van der Waals surface area contributed by atoms with Crippen molar-refractivity contribution in [3.8, 4) is 0 Å². The average Bonchev–Trinajstić information content (AvgIpc) is 3.14. The Morgan fingerprint density at radius 3 is 2.78 bits per heavy atom. The largest absolute Gasteiger partial charge is 0.376 e. The predicted octanol–water partition coefficient (Wildman–Crippen LogP) is 5.82. The minimum Gasteiger partial charge on any atom is -0.376 e. The summed E-state index contributed by atoms with van der Waals surface area (Å²) in [4.78, 5) is 1.88. The lowest BCUT2D eigenvalue weighted by atomic mass is 10.1. The second kappa shape index (κ2) is 9.20. The highest BCUT2D eigenvalue weighted by molar-refractivity contribution is 7.80. The first-order chi connectivity index (χ1) is 13.0. The molecule has 3 nitrogen and oxygen atoms in total. The molecule has 2 aromatic rings. The van der Waals surface area contributed by atoms with E-state index in [1.807, 2.05) is 30.0 Å². The molecule has 1 aliphatic heterocycles. The van der Waals surface area contributed by atoms with E-state index < -0.39 is 0 Å². The highest BCUT2D eigenvalue weighted by Gasteiger charge is 2.23. The van der Waals surface area contributed by atoms with Crippen molar-refractivity contribution in [1.29, 1.82) is 0 Å². The summed E-state index contributed by atoms with van der Waals surface area (Å²) in [5.74, 6) is -0.351. The average molecular weight is 427 g/mol. The van der Waals surface area contributed by atoms with Crippen molar-refractivity contribution < 1.29 is 9.13 Å². The lowest BCUT2D eigenvalue weighted by molar-refractivity contribution is 0.0903. The second-order valence-corrected chi connectivity index (χ2v) is 7.75. The lowest BCUT2D eigenvalue weighted by Gasteiger charge is -2.29. The summed E-state index contributed by atoms with van der Waals surface area (Å²) in [6.45, 7) is 3.48. The number of thiocarbonyl (C=S) groups is 1.